The van der Waals surface area contributed by atoms with Crippen LogP contribution in [0.3, 0.4) is 0 Å². The topological polar surface area (TPSA) is 70.8 Å². The lowest BCUT2D eigenvalue weighted by Crippen LogP contribution is -2.22. The Bertz CT molecular complexity index is 1210. The lowest BCUT2D eigenvalue weighted by atomic mass is 10.1. The van der Waals surface area contributed by atoms with Crippen LogP contribution in [0, 0.1) is 0 Å². The first kappa shape index (κ1) is 27.5. The van der Waals surface area contributed by atoms with E-state index in [1.165, 1.54) is 30.2 Å². The van der Waals surface area contributed by atoms with Crippen LogP contribution in [-0.4, -0.2) is 30.2 Å². The molecule has 3 heterocycles. The summed E-state index contributed by atoms with van der Waals surface area (Å²) in [4.78, 5) is 16.6. The van der Waals surface area contributed by atoms with E-state index < -0.39 is 11.7 Å². The smallest absolute Gasteiger partial charge is 0.416 e. The number of nitrogens with zero attached hydrogens (tertiary/aromatic N) is 1. The van der Waals surface area contributed by atoms with Gasteiger partial charge in [-0.25, -0.2) is 4.98 Å². The Morgan fingerprint density at radius 1 is 1.05 bits per heavy atom. The zero-order valence-electron chi connectivity index (χ0n) is 20.4. The van der Waals surface area contributed by atoms with Crippen molar-refractivity contribution >= 4 is 22.7 Å². The van der Waals surface area contributed by atoms with E-state index in [4.69, 9.17) is 18.6 Å². The van der Waals surface area contributed by atoms with Crippen LogP contribution in [0.15, 0.2) is 56.9 Å². The molecule has 0 N–H and O–H groups in total. The Morgan fingerprint density at radius 3 is 2.68 bits per heavy atom. The minimum absolute atomic E-state index is 0.182. The SMILES string of the molecule is O=c1cc(COC2CCCCO2)occ1OCCCCCCSc1ccc2ccc(C(F)(F)F)cc2n1. The number of pyridine rings is 1. The number of thioether (sulfide) groups is 1. The lowest BCUT2D eigenvalue weighted by Gasteiger charge is -2.22. The molecule has 10 heteroatoms. The van der Waals surface area contributed by atoms with E-state index >= 15 is 0 Å². The molecular formula is C27H30F3NO5S. The molecule has 0 aliphatic carbocycles. The van der Waals surface area contributed by atoms with E-state index in [0.29, 0.717) is 34.9 Å². The molecule has 37 heavy (non-hydrogen) atoms. The number of hydrogen-bond donors (Lipinski definition) is 0. The van der Waals surface area contributed by atoms with E-state index in [9.17, 15) is 18.0 Å². The summed E-state index contributed by atoms with van der Waals surface area (Å²) in [5.41, 5.74) is -0.583. The normalized spacial score (nSPS) is 16.2. The molecule has 200 valence electrons. The van der Waals surface area contributed by atoms with Crippen molar-refractivity contribution in [3.05, 3.63) is 64.2 Å². The maximum atomic E-state index is 12.9. The number of benzene rings is 1. The fraction of sp³-hybridized carbons (Fsp3) is 0.481. The van der Waals surface area contributed by atoms with Gasteiger partial charge in [-0.2, -0.15) is 13.2 Å². The number of halogens is 3. The maximum absolute atomic E-state index is 12.9. The molecule has 3 aromatic rings. The summed E-state index contributed by atoms with van der Waals surface area (Å²) in [6, 6.07) is 8.63. The van der Waals surface area contributed by atoms with Crippen molar-refractivity contribution in [2.45, 2.75) is 69.0 Å². The number of alkyl halides is 3. The van der Waals surface area contributed by atoms with Crippen LogP contribution in [0.4, 0.5) is 13.2 Å². The van der Waals surface area contributed by atoms with Crippen LogP contribution in [-0.2, 0) is 22.3 Å². The summed E-state index contributed by atoms with van der Waals surface area (Å²) in [7, 11) is 0. The van der Waals surface area contributed by atoms with Gasteiger partial charge in [-0.1, -0.05) is 25.0 Å². The van der Waals surface area contributed by atoms with E-state index in [0.717, 1.165) is 62.8 Å². The predicted octanol–water partition coefficient (Wildman–Crippen LogP) is 6.98. The van der Waals surface area contributed by atoms with Crippen LogP contribution >= 0.6 is 11.8 Å². The molecule has 1 saturated heterocycles. The molecule has 0 saturated carbocycles. The molecule has 1 aromatic carbocycles. The van der Waals surface area contributed by atoms with Crippen molar-refractivity contribution in [1.29, 1.82) is 0 Å². The summed E-state index contributed by atoms with van der Waals surface area (Å²) in [5, 5.41) is 1.39. The van der Waals surface area contributed by atoms with Gasteiger partial charge in [-0.3, -0.25) is 4.79 Å². The van der Waals surface area contributed by atoms with Crippen molar-refractivity contribution in [2.75, 3.05) is 19.0 Å². The first-order valence-corrected chi connectivity index (χ1v) is 13.5. The molecule has 1 aliphatic heterocycles. The van der Waals surface area contributed by atoms with E-state index in [1.54, 1.807) is 6.07 Å². The average Bonchev–Trinajstić information content (AvgIpc) is 2.89. The number of rotatable bonds is 12. The van der Waals surface area contributed by atoms with E-state index in [2.05, 4.69) is 4.98 Å². The van der Waals surface area contributed by atoms with Crippen LogP contribution in [0.2, 0.25) is 0 Å². The summed E-state index contributed by atoms with van der Waals surface area (Å²) in [6.07, 6.45) is 3.28. The number of aromatic nitrogens is 1. The Kier molecular flexibility index (Phi) is 9.88. The fourth-order valence-corrected chi connectivity index (χ4v) is 4.79. The van der Waals surface area contributed by atoms with Gasteiger partial charge in [0.15, 0.2) is 6.29 Å². The zero-order valence-corrected chi connectivity index (χ0v) is 21.2. The highest BCUT2D eigenvalue weighted by molar-refractivity contribution is 7.99. The molecule has 2 aromatic heterocycles. The van der Waals surface area contributed by atoms with Crippen LogP contribution in [0.5, 0.6) is 5.75 Å². The van der Waals surface area contributed by atoms with E-state index in [1.807, 2.05) is 6.07 Å². The van der Waals surface area contributed by atoms with Gasteiger partial charge in [0.25, 0.3) is 0 Å². The molecule has 0 radical (unpaired) electrons. The van der Waals surface area contributed by atoms with Gasteiger partial charge in [0.1, 0.15) is 18.6 Å². The van der Waals surface area contributed by atoms with Crippen molar-refractivity contribution in [3.63, 3.8) is 0 Å². The number of hydrogen-bond acceptors (Lipinski definition) is 7. The minimum Gasteiger partial charge on any atom is -0.487 e. The Hall–Kier alpha value is -2.56. The molecule has 6 nitrogen and oxygen atoms in total. The van der Waals surface area contributed by atoms with Gasteiger partial charge in [0.05, 0.1) is 22.7 Å². The zero-order chi connectivity index (χ0) is 26.1. The number of fused-ring (bicyclic) bond motifs is 1. The van der Waals surface area contributed by atoms with Gasteiger partial charge in [0, 0.05) is 18.1 Å². The Balaban J connectivity index is 1.11. The minimum atomic E-state index is -4.38. The third-order valence-electron chi connectivity index (χ3n) is 5.94. The predicted molar refractivity (Wildman–Crippen MR) is 135 cm³/mol. The van der Waals surface area contributed by atoms with Crippen molar-refractivity contribution in [2.24, 2.45) is 0 Å². The second kappa shape index (κ2) is 13.3. The lowest BCUT2D eigenvalue weighted by molar-refractivity contribution is -0.171. The number of unbranched alkanes of at least 4 members (excludes halogenated alkanes) is 3. The summed E-state index contributed by atoms with van der Waals surface area (Å²) in [5.74, 6) is 1.44. The number of ether oxygens (including phenoxy) is 3. The molecule has 4 rings (SSSR count). The molecule has 1 atom stereocenters. The molecule has 1 aliphatic rings. The largest absolute Gasteiger partial charge is 0.487 e. The van der Waals surface area contributed by atoms with Crippen LogP contribution in [0.1, 0.15) is 56.3 Å². The third kappa shape index (κ3) is 8.48. The second-order valence-electron chi connectivity index (χ2n) is 8.85. The highest BCUT2D eigenvalue weighted by atomic mass is 32.2. The van der Waals surface area contributed by atoms with Gasteiger partial charge in [-0.05, 0) is 56.1 Å². The van der Waals surface area contributed by atoms with Gasteiger partial charge in [-0.15, -0.1) is 11.8 Å². The first-order chi connectivity index (χ1) is 17.9. The fourth-order valence-electron chi connectivity index (χ4n) is 3.91. The van der Waals surface area contributed by atoms with Gasteiger partial charge >= 0.3 is 6.18 Å². The second-order valence-corrected chi connectivity index (χ2v) is 9.96. The summed E-state index contributed by atoms with van der Waals surface area (Å²) >= 11 is 1.53. The van der Waals surface area contributed by atoms with Crippen molar-refractivity contribution < 1.29 is 31.8 Å². The maximum Gasteiger partial charge on any atom is 0.416 e. The molecule has 0 amide bonds. The van der Waals surface area contributed by atoms with Crippen LogP contribution < -0.4 is 10.2 Å². The summed E-state index contributed by atoms with van der Waals surface area (Å²) in [6.45, 7) is 1.29. The highest BCUT2D eigenvalue weighted by Crippen LogP contribution is 2.31. The first-order valence-electron chi connectivity index (χ1n) is 12.5. The molecule has 1 unspecified atom stereocenters. The van der Waals surface area contributed by atoms with Crippen LogP contribution in [0.25, 0.3) is 10.9 Å². The Morgan fingerprint density at radius 2 is 1.89 bits per heavy atom. The molecular weight excluding hydrogens is 507 g/mol. The van der Waals surface area contributed by atoms with Gasteiger partial charge < -0.3 is 18.6 Å². The average molecular weight is 538 g/mol. The quantitative estimate of drug-likeness (QED) is 0.182. The van der Waals surface area contributed by atoms with E-state index in [-0.39, 0.29) is 24.1 Å². The Labute approximate surface area is 217 Å². The molecule has 0 spiro atoms. The molecule has 0 bridgehead atoms. The summed E-state index contributed by atoms with van der Waals surface area (Å²) < 4.78 is 61.0. The standard InChI is InChI=1S/C27H30F3NO5S/c28-27(29,30)20-10-8-19-9-11-25(31-22(19)15-20)37-14-6-2-1-4-12-33-24-18-35-21(16-23(24)32)17-36-26-7-3-5-13-34-26/h8-11,15-16,18,26H,1-7,12-14,17H2. The highest BCUT2D eigenvalue weighted by Gasteiger charge is 2.30. The van der Waals surface area contributed by atoms with Crippen molar-refractivity contribution in [3.8, 4) is 5.75 Å². The van der Waals surface area contributed by atoms with Crippen molar-refractivity contribution in [1.82, 2.24) is 4.98 Å². The third-order valence-corrected chi connectivity index (χ3v) is 6.96. The molecule has 1 fully saturated rings. The van der Waals surface area contributed by atoms with Gasteiger partial charge in [0.2, 0.25) is 11.2 Å². The monoisotopic (exact) mass is 537 g/mol.